The first kappa shape index (κ1) is 11.8. The Balaban J connectivity index is 0. The van der Waals surface area contributed by atoms with Gasteiger partial charge >= 0.3 is 0 Å². The van der Waals surface area contributed by atoms with E-state index in [-0.39, 0.29) is 24.0 Å². The lowest BCUT2D eigenvalue weighted by Crippen LogP contribution is -2.31. The van der Waals surface area contributed by atoms with E-state index in [0.29, 0.717) is 5.96 Å². The van der Waals surface area contributed by atoms with Gasteiger partial charge in [-0.1, -0.05) is 0 Å². The maximum absolute atomic E-state index is 5.33. The van der Waals surface area contributed by atoms with Crippen LogP contribution in [0.2, 0.25) is 0 Å². The highest BCUT2D eigenvalue weighted by atomic mass is 127. The monoisotopic (exact) mass is 243 g/mol. The number of hydrogen-bond donors (Lipinski definition) is 2. The molecule has 56 valence electrons. The lowest BCUT2D eigenvalue weighted by molar-refractivity contribution is 0.935. The summed E-state index contributed by atoms with van der Waals surface area (Å²) < 4.78 is 0. The van der Waals surface area contributed by atoms with E-state index in [1.54, 1.807) is 0 Å². The lowest BCUT2D eigenvalue weighted by atomic mass is 10.7. The summed E-state index contributed by atoms with van der Waals surface area (Å²) in [6, 6.07) is 0. The van der Waals surface area contributed by atoms with Crippen molar-refractivity contribution in [3.63, 3.8) is 0 Å². The van der Waals surface area contributed by atoms with Crippen molar-refractivity contribution in [2.75, 3.05) is 13.1 Å². The molecule has 0 aromatic heterocycles. The summed E-state index contributed by atoms with van der Waals surface area (Å²) >= 11 is 0. The van der Waals surface area contributed by atoms with Crippen LogP contribution >= 0.6 is 24.0 Å². The average molecular weight is 243 g/mol. The minimum Gasteiger partial charge on any atom is -0.370 e. The molecule has 3 nitrogen and oxygen atoms in total. The van der Waals surface area contributed by atoms with E-state index in [1.165, 1.54) is 0 Å². The molecule has 4 heteroatoms. The second-order valence-electron chi connectivity index (χ2n) is 1.39. The SMILES string of the molecule is CCN=C(N)NCC.I. The predicted octanol–water partition coefficient (Wildman–Crippen LogP) is 0.548. The number of guanidine groups is 1. The van der Waals surface area contributed by atoms with Gasteiger partial charge in [0, 0.05) is 13.1 Å². The summed E-state index contributed by atoms with van der Waals surface area (Å²) in [5.74, 6) is 0.537. The molecule has 0 aliphatic rings. The van der Waals surface area contributed by atoms with Crippen LogP contribution in [0, 0.1) is 0 Å². The van der Waals surface area contributed by atoms with Gasteiger partial charge in [-0.2, -0.15) is 0 Å². The molecule has 0 atom stereocenters. The van der Waals surface area contributed by atoms with Crippen LogP contribution in [0.4, 0.5) is 0 Å². The van der Waals surface area contributed by atoms with Gasteiger partial charge in [0.1, 0.15) is 0 Å². The maximum atomic E-state index is 5.33. The predicted molar refractivity (Wildman–Crippen MR) is 51.3 cm³/mol. The molecule has 0 bridgehead atoms. The van der Waals surface area contributed by atoms with E-state index in [4.69, 9.17) is 5.73 Å². The fraction of sp³-hybridized carbons (Fsp3) is 0.800. The van der Waals surface area contributed by atoms with E-state index < -0.39 is 0 Å². The second-order valence-corrected chi connectivity index (χ2v) is 1.39. The number of hydrogen-bond acceptors (Lipinski definition) is 1. The fourth-order valence-corrected chi connectivity index (χ4v) is 0.407. The first-order chi connectivity index (χ1) is 3.81. The Bertz CT molecular complexity index is 82.3. The van der Waals surface area contributed by atoms with Crippen molar-refractivity contribution in [1.82, 2.24) is 5.32 Å². The zero-order valence-electron chi connectivity index (χ0n) is 5.85. The molecule has 0 fully saturated rings. The average Bonchev–Trinajstić information content (AvgIpc) is 1.68. The molecule has 0 aromatic carbocycles. The largest absolute Gasteiger partial charge is 0.370 e. The highest BCUT2D eigenvalue weighted by molar-refractivity contribution is 14.0. The number of nitrogens with two attached hydrogens (primary N) is 1. The Morgan fingerprint density at radius 1 is 1.56 bits per heavy atom. The van der Waals surface area contributed by atoms with Crippen LogP contribution in [0.1, 0.15) is 13.8 Å². The Hall–Kier alpha value is 0. The molecule has 0 rings (SSSR count). The number of aliphatic imine (C=N–C) groups is 1. The molecule has 9 heavy (non-hydrogen) atoms. The molecule has 3 N–H and O–H groups in total. The standard InChI is InChI=1S/C5H13N3.HI/c1-3-7-5(6)8-4-2;/h3-4H2,1-2H3,(H3,6,7,8);1H. The van der Waals surface area contributed by atoms with Gasteiger partial charge in [0.2, 0.25) is 0 Å². The van der Waals surface area contributed by atoms with Gasteiger partial charge in [0.15, 0.2) is 5.96 Å². The summed E-state index contributed by atoms with van der Waals surface area (Å²) in [5, 5.41) is 2.87. The van der Waals surface area contributed by atoms with Crippen molar-refractivity contribution in [1.29, 1.82) is 0 Å². The van der Waals surface area contributed by atoms with Crippen LogP contribution < -0.4 is 11.1 Å². The van der Waals surface area contributed by atoms with Gasteiger partial charge in [0.05, 0.1) is 0 Å². The zero-order chi connectivity index (χ0) is 6.41. The lowest BCUT2D eigenvalue weighted by Gasteiger charge is -1.97. The van der Waals surface area contributed by atoms with Crippen LogP contribution in [0.25, 0.3) is 0 Å². The maximum Gasteiger partial charge on any atom is 0.188 e. The molecule has 0 radical (unpaired) electrons. The van der Waals surface area contributed by atoms with Gasteiger partial charge in [-0.15, -0.1) is 24.0 Å². The molecule has 0 unspecified atom stereocenters. The second kappa shape index (κ2) is 8.00. The summed E-state index contributed by atoms with van der Waals surface area (Å²) in [6.07, 6.45) is 0. The Labute approximate surface area is 73.1 Å². The van der Waals surface area contributed by atoms with Crippen molar-refractivity contribution in [3.05, 3.63) is 0 Å². The topological polar surface area (TPSA) is 50.4 Å². The molecule has 0 heterocycles. The van der Waals surface area contributed by atoms with Crippen LogP contribution in [0.15, 0.2) is 4.99 Å². The number of halogens is 1. The van der Waals surface area contributed by atoms with E-state index >= 15 is 0 Å². The van der Waals surface area contributed by atoms with Crippen molar-refractivity contribution in [3.8, 4) is 0 Å². The van der Waals surface area contributed by atoms with E-state index in [2.05, 4.69) is 10.3 Å². The van der Waals surface area contributed by atoms with Crippen LogP contribution in [0.5, 0.6) is 0 Å². The van der Waals surface area contributed by atoms with Crippen molar-refractivity contribution in [2.45, 2.75) is 13.8 Å². The minimum atomic E-state index is 0. The van der Waals surface area contributed by atoms with Crippen molar-refractivity contribution in [2.24, 2.45) is 10.7 Å². The molecule has 0 saturated carbocycles. The molecule has 0 amide bonds. The molecule has 0 aliphatic carbocycles. The molecular weight excluding hydrogens is 229 g/mol. The highest BCUT2D eigenvalue weighted by Crippen LogP contribution is 1.63. The highest BCUT2D eigenvalue weighted by Gasteiger charge is 1.80. The smallest absolute Gasteiger partial charge is 0.188 e. The Morgan fingerprint density at radius 2 is 2.11 bits per heavy atom. The number of rotatable bonds is 2. The Kier molecular flexibility index (Phi) is 10.4. The van der Waals surface area contributed by atoms with Gasteiger partial charge in [0.25, 0.3) is 0 Å². The molecule has 0 aromatic rings. The minimum absolute atomic E-state index is 0. The third-order valence-electron chi connectivity index (χ3n) is 0.686. The van der Waals surface area contributed by atoms with Crippen molar-refractivity contribution >= 4 is 29.9 Å². The van der Waals surface area contributed by atoms with Crippen LogP contribution in [0.3, 0.4) is 0 Å². The van der Waals surface area contributed by atoms with Gasteiger partial charge in [-0.25, -0.2) is 0 Å². The molecule has 0 saturated heterocycles. The van der Waals surface area contributed by atoms with Crippen molar-refractivity contribution < 1.29 is 0 Å². The third-order valence-corrected chi connectivity index (χ3v) is 0.686. The van der Waals surface area contributed by atoms with Gasteiger partial charge in [-0.3, -0.25) is 4.99 Å². The third kappa shape index (κ3) is 8.00. The van der Waals surface area contributed by atoms with Gasteiger partial charge < -0.3 is 11.1 Å². The molecule has 0 aliphatic heterocycles. The quantitative estimate of drug-likeness (QED) is 0.422. The number of nitrogens with zero attached hydrogens (tertiary/aromatic N) is 1. The fourth-order valence-electron chi connectivity index (χ4n) is 0.407. The zero-order valence-corrected chi connectivity index (χ0v) is 8.18. The summed E-state index contributed by atoms with van der Waals surface area (Å²) in [7, 11) is 0. The van der Waals surface area contributed by atoms with E-state index in [0.717, 1.165) is 13.1 Å². The summed E-state index contributed by atoms with van der Waals surface area (Å²) in [6.45, 7) is 5.52. The van der Waals surface area contributed by atoms with E-state index in [1.807, 2.05) is 13.8 Å². The first-order valence-electron chi connectivity index (χ1n) is 2.85. The molecular formula is C5H14IN3. The van der Waals surface area contributed by atoms with Crippen LogP contribution in [-0.2, 0) is 0 Å². The summed E-state index contributed by atoms with van der Waals surface area (Å²) in [4.78, 5) is 3.90. The first-order valence-corrected chi connectivity index (χ1v) is 2.85. The van der Waals surface area contributed by atoms with E-state index in [9.17, 15) is 0 Å². The molecule has 0 spiro atoms. The van der Waals surface area contributed by atoms with Crippen LogP contribution in [-0.4, -0.2) is 19.0 Å². The Morgan fingerprint density at radius 3 is 2.44 bits per heavy atom. The summed E-state index contributed by atoms with van der Waals surface area (Å²) in [5.41, 5.74) is 5.33. The van der Waals surface area contributed by atoms with Gasteiger partial charge in [-0.05, 0) is 13.8 Å². The number of nitrogens with one attached hydrogen (secondary N) is 1. The normalized spacial score (nSPS) is 10.2.